The highest BCUT2D eigenvalue weighted by atomic mass is 16.3. The van der Waals surface area contributed by atoms with Crippen LogP contribution in [-0.2, 0) is 0 Å². The lowest BCUT2D eigenvalue weighted by Crippen LogP contribution is -2.43. The van der Waals surface area contributed by atoms with E-state index < -0.39 is 0 Å². The van der Waals surface area contributed by atoms with E-state index >= 15 is 0 Å². The summed E-state index contributed by atoms with van der Waals surface area (Å²) in [6.07, 6.45) is 22.3. The number of hydrogen-bond donors (Lipinski definition) is 3. The van der Waals surface area contributed by atoms with Crippen molar-refractivity contribution in [3.8, 4) is 0 Å². The molecule has 0 rings (SSSR count). The van der Waals surface area contributed by atoms with Crippen molar-refractivity contribution in [2.45, 2.75) is 130 Å². The maximum atomic E-state index is 9.37. The van der Waals surface area contributed by atoms with E-state index in [0.717, 1.165) is 6.54 Å². The molecule has 2 atom stereocenters. The molecular weight excluding hydrogens is 346 g/mol. The van der Waals surface area contributed by atoms with E-state index in [1.54, 1.807) is 0 Å². The molecule has 0 saturated heterocycles. The first-order valence-electron chi connectivity index (χ1n) is 12.6. The van der Waals surface area contributed by atoms with Crippen LogP contribution in [-0.4, -0.2) is 36.0 Å². The zero-order valence-electron chi connectivity index (χ0n) is 19.6. The van der Waals surface area contributed by atoms with Crippen LogP contribution in [0.15, 0.2) is 0 Å². The molecule has 0 fully saturated rings. The molecule has 0 spiro atoms. The van der Waals surface area contributed by atoms with Crippen LogP contribution < -0.4 is 5.32 Å². The molecule has 0 aromatic rings. The highest BCUT2D eigenvalue weighted by molar-refractivity contribution is 4.78. The Kier molecular flexibility index (Phi) is 21.5. The first-order valence-corrected chi connectivity index (χ1v) is 12.6. The first kappa shape index (κ1) is 27.9. The van der Waals surface area contributed by atoms with Crippen LogP contribution in [0.1, 0.15) is 124 Å². The summed E-state index contributed by atoms with van der Waals surface area (Å²) in [5.74, 6) is 0.395. The molecule has 0 saturated carbocycles. The van der Waals surface area contributed by atoms with Gasteiger partial charge in [0.1, 0.15) is 0 Å². The highest BCUT2D eigenvalue weighted by Crippen LogP contribution is 2.15. The van der Waals surface area contributed by atoms with E-state index in [-0.39, 0.29) is 31.1 Å². The average molecular weight is 400 g/mol. The Bertz CT molecular complexity index is 288. The molecule has 0 heterocycles. The van der Waals surface area contributed by atoms with Gasteiger partial charge >= 0.3 is 0 Å². The summed E-state index contributed by atoms with van der Waals surface area (Å²) >= 11 is 0. The van der Waals surface area contributed by atoms with Crippen LogP contribution in [0.4, 0.5) is 0 Å². The van der Waals surface area contributed by atoms with Crippen LogP contribution in [0, 0.1) is 11.8 Å². The second-order valence-corrected chi connectivity index (χ2v) is 9.10. The molecule has 0 radical (unpaired) electrons. The van der Waals surface area contributed by atoms with Gasteiger partial charge in [-0.05, 0) is 24.8 Å². The predicted octanol–water partition coefficient (Wildman–Crippen LogP) is 6.46. The van der Waals surface area contributed by atoms with Gasteiger partial charge in [0.05, 0.1) is 0 Å². The summed E-state index contributed by atoms with van der Waals surface area (Å²) in [5.41, 5.74) is 0. The Labute approximate surface area is 177 Å². The molecule has 0 aliphatic heterocycles. The third-order valence-corrected chi connectivity index (χ3v) is 6.21. The predicted molar refractivity (Wildman–Crippen MR) is 124 cm³/mol. The van der Waals surface area contributed by atoms with Crippen molar-refractivity contribution in [2.75, 3.05) is 19.8 Å². The Morgan fingerprint density at radius 1 is 0.536 bits per heavy atom. The van der Waals surface area contributed by atoms with Gasteiger partial charge in [-0.15, -0.1) is 0 Å². The number of nitrogens with one attached hydrogen (secondary N) is 1. The fourth-order valence-electron chi connectivity index (χ4n) is 4.13. The minimum Gasteiger partial charge on any atom is -0.396 e. The molecule has 0 aliphatic rings. The smallest absolute Gasteiger partial charge is 0.0471 e. The quantitative estimate of drug-likeness (QED) is 0.183. The minimum absolute atomic E-state index is 0.182. The van der Waals surface area contributed by atoms with E-state index in [4.69, 9.17) is 0 Å². The fraction of sp³-hybridized carbons (Fsp3) is 1.00. The molecule has 3 heteroatoms. The van der Waals surface area contributed by atoms with Gasteiger partial charge in [0, 0.05) is 19.3 Å². The molecule has 28 heavy (non-hydrogen) atoms. The van der Waals surface area contributed by atoms with Crippen LogP contribution in [0.25, 0.3) is 0 Å². The average Bonchev–Trinajstić information content (AvgIpc) is 2.72. The summed E-state index contributed by atoms with van der Waals surface area (Å²) in [5, 5.41) is 22.3. The zero-order chi connectivity index (χ0) is 20.9. The Hall–Kier alpha value is -0.120. The second kappa shape index (κ2) is 21.6. The maximum Gasteiger partial charge on any atom is 0.0471 e. The van der Waals surface area contributed by atoms with Gasteiger partial charge in [0.25, 0.3) is 0 Å². The highest BCUT2D eigenvalue weighted by Gasteiger charge is 2.21. The van der Waals surface area contributed by atoms with Crippen molar-refractivity contribution in [2.24, 2.45) is 11.8 Å². The summed E-state index contributed by atoms with van der Waals surface area (Å²) in [7, 11) is 0. The lowest BCUT2D eigenvalue weighted by Gasteiger charge is -2.28. The zero-order valence-corrected chi connectivity index (χ0v) is 19.6. The van der Waals surface area contributed by atoms with Crippen molar-refractivity contribution in [3.05, 3.63) is 0 Å². The van der Waals surface area contributed by atoms with Gasteiger partial charge in [0.2, 0.25) is 0 Å². The van der Waals surface area contributed by atoms with Crippen LogP contribution in [0.3, 0.4) is 0 Å². The van der Waals surface area contributed by atoms with E-state index in [1.165, 1.54) is 103 Å². The summed E-state index contributed by atoms with van der Waals surface area (Å²) in [6, 6.07) is 0.214. The van der Waals surface area contributed by atoms with Crippen LogP contribution in [0.2, 0.25) is 0 Å². The second-order valence-electron chi connectivity index (χ2n) is 9.10. The topological polar surface area (TPSA) is 52.5 Å². The van der Waals surface area contributed by atoms with Gasteiger partial charge in [-0.25, -0.2) is 0 Å². The number of aliphatic hydroxyl groups is 2. The maximum absolute atomic E-state index is 9.37. The third kappa shape index (κ3) is 16.8. The SMILES string of the molecule is CCCCCCCCCCCCCCCCCCNC(C(C)CO)C(C)CO. The van der Waals surface area contributed by atoms with E-state index in [2.05, 4.69) is 26.1 Å². The van der Waals surface area contributed by atoms with E-state index in [9.17, 15) is 10.2 Å². The number of rotatable bonds is 22. The number of aliphatic hydroxyl groups excluding tert-OH is 2. The van der Waals surface area contributed by atoms with Crippen molar-refractivity contribution in [1.82, 2.24) is 5.32 Å². The number of unbranched alkanes of at least 4 members (excludes halogenated alkanes) is 15. The molecule has 0 aromatic heterocycles. The summed E-state index contributed by atoms with van der Waals surface area (Å²) in [4.78, 5) is 0. The number of hydrogen-bond acceptors (Lipinski definition) is 3. The largest absolute Gasteiger partial charge is 0.396 e. The van der Waals surface area contributed by atoms with Crippen LogP contribution >= 0.6 is 0 Å². The Morgan fingerprint density at radius 2 is 0.857 bits per heavy atom. The fourth-order valence-corrected chi connectivity index (χ4v) is 4.13. The Balaban J connectivity index is 3.33. The molecule has 170 valence electrons. The Morgan fingerprint density at radius 3 is 1.18 bits per heavy atom. The molecule has 0 aromatic carbocycles. The van der Waals surface area contributed by atoms with E-state index in [1.807, 2.05) is 0 Å². The van der Waals surface area contributed by atoms with Crippen molar-refractivity contribution in [1.29, 1.82) is 0 Å². The van der Waals surface area contributed by atoms with Gasteiger partial charge < -0.3 is 15.5 Å². The van der Waals surface area contributed by atoms with E-state index in [0.29, 0.717) is 0 Å². The van der Waals surface area contributed by atoms with Crippen molar-refractivity contribution in [3.63, 3.8) is 0 Å². The molecule has 0 aliphatic carbocycles. The van der Waals surface area contributed by atoms with Gasteiger partial charge in [-0.3, -0.25) is 0 Å². The lowest BCUT2D eigenvalue weighted by molar-refractivity contribution is 0.135. The van der Waals surface area contributed by atoms with Crippen molar-refractivity contribution >= 4 is 0 Å². The van der Waals surface area contributed by atoms with Gasteiger partial charge in [-0.1, -0.05) is 117 Å². The summed E-state index contributed by atoms with van der Waals surface area (Å²) in [6.45, 7) is 7.75. The molecule has 0 amide bonds. The lowest BCUT2D eigenvalue weighted by atomic mass is 9.91. The first-order chi connectivity index (χ1) is 13.7. The van der Waals surface area contributed by atoms with Crippen molar-refractivity contribution < 1.29 is 10.2 Å². The third-order valence-electron chi connectivity index (χ3n) is 6.21. The van der Waals surface area contributed by atoms with Gasteiger partial charge in [0.15, 0.2) is 0 Å². The molecule has 2 unspecified atom stereocenters. The molecule has 3 nitrogen and oxygen atoms in total. The minimum atomic E-state index is 0.182. The molecule has 3 N–H and O–H groups in total. The molecule has 0 bridgehead atoms. The molecular formula is C25H53NO2. The monoisotopic (exact) mass is 399 g/mol. The normalized spacial score (nSPS) is 14.9. The standard InChI is InChI=1S/C25H53NO2/c1-4-5-6-7-8-9-10-11-12-13-14-15-16-17-18-19-20-26-25(23(2)21-27)24(3)22-28/h23-28H,4-22H2,1-3H3. The van der Waals surface area contributed by atoms with Gasteiger partial charge in [-0.2, -0.15) is 0 Å². The van der Waals surface area contributed by atoms with Crippen LogP contribution in [0.5, 0.6) is 0 Å². The summed E-state index contributed by atoms with van der Waals surface area (Å²) < 4.78 is 0.